The predicted octanol–water partition coefficient (Wildman–Crippen LogP) is 6.09. The number of benzene rings is 2. The van der Waals surface area contributed by atoms with Gasteiger partial charge in [0.25, 0.3) is 0 Å². The Morgan fingerprint density at radius 2 is 1.69 bits per heavy atom. The molecule has 8 heteroatoms. The molecule has 0 unspecified atom stereocenters. The molecule has 2 heterocycles. The van der Waals surface area contributed by atoms with Crippen LogP contribution < -0.4 is 19.5 Å². The molecule has 1 aliphatic rings. The number of nitrogens with zero attached hydrogens (tertiary/aromatic N) is 2. The SMILES string of the molecule is COc1cc2nccc(Oc3cc(C)c(NC(=O)OCCCN4CCCCC4)cc3C)c2cc1OC. The number of hydrogen-bond acceptors (Lipinski definition) is 7. The number of fused-ring (bicyclic) bond motifs is 1. The van der Waals surface area contributed by atoms with Gasteiger partial charge in [-0.05, 0) is 81.6 Å². The average Bonchev–Trinajstić information content (AvgIpc) is 2.89. The number of hydrogen-bond donors (Lipinski definition) is 1. The average molecular weight is 494 g/mol. The van der Waals surface area contributed by atoms with Crippen LogP contribution in [0.4, 0.5) is 10.5 Å². The lowest BCUT2D eigenvalue weighted by Gasteiger charge is -2.26. The van der Waals surface area contributed by atoms with E-state index in [1.54, 1.807) is 20.4 Å². The molecule has 36 heavy (non-hydrogen) atoms. The van der Waals surface area contributed by atoms with Gasteiger partial charge in [-0.2, -0.15) is 0 Å². The number of aromatic nitrogens is 1. The molecule has 1 aromatic heterocycles. The van der Waals surface area contributed by atoms with Crippen molar-refractivity contribution in [3.8, 4) is 23.0 Å². The van der Waals surface area contributed by atoms with Crippen molar-refractivity contribution in [1.29, 1.82) is 0 Å². The molecule has 0 aliphatic carbocycles. The molecule has 0 radical (unpaired) electrons. The topological polar surface area (TPSA) is 82.2 Å². The zero-order valence-corrected chi connectivity index (χ0v) is 21.6. The van der Waals surface area contributed by atoms with E-state index in [1.807, 2.05) is 44.2 Å². The monoisotopic (exact) mass is 493 g/mol. The highest BCUT2D eigenvalue weighted by Crippen LogP contribution is 2.38. The van der Waals surface area contributed by atoms with Crippen LogP contribution >= 0.6 is 0 Å². The van der Waals surface area contributed by atoms with Gasteiger partial charge in [0, 0.05) is 29.9 Å². The second-order valence-electron chi connectivity index (χ2n) is 9.08. The van der Waals surface area contributed by atoms with Crippen LogP contribution in [0.15, 0.2) is 36.5 Å². The van der Waals surface area contributed by atoms with Crippen molar-refractivity contribution in [3.63, 3.8) is 0 Å². The zero-order chi connectivity index (χ0) is 25.5. The van der Waals surface area contributed by atoms with E-state index < -0.39 is 6.09 Å². The van der Waals surface area contributed by atoms with E-state index in [-0.39, 0.29) is 0 Å². The lowest BCUT2D eigenvalue weighted by molar-refractivity contribution is 0.148. The minimum atomic E-state index is -0.439. The van der Waals surface area contributed by atoms with Gasteiger partial charge in [-0.25, -0.2) is 4.79 Å². The van der Waals surface area contributed by atoms with E-state index >= 15 is 0 Å². The number of amides is 1. The summed E-state index contributed by atoms with van der Waals surface area (Å²) in [5.41, 5.74) is 3.19. The lowest BCUT2D eigenvalue weighted by Crippen LogP contribution is -2.31. The number of carbonyl (C=O) groups is 1. The van der Waals surface area contributed by atoms with Crippen LogP contribution in [0.3, 0.4) is 0 Å². The van der Waals surface area contributed by atoms with Crippen LogP contribution in [-0.4, -0.2) is 56.4 Å². The molecule has 192 valence electrons. The Labute approximate surface area is 212 Å². The summed E-state index contributed by atoms with van der Waals surface area (Å²) in [5.74, 6) is 2.55. The smallest absolute Gasteiger partial charge is 0.411 e. The molecule has 0 atom stereocenters. The Morgan fingerprint density at radius 3 is 2.44 bits per heavy atom. The standard InChI is InChI=1S/C28H35N3O5/c1-19-16-25(36-24-9-10-29-23-18-27(34-4)26(33-3)17-21(23)24)20(2)15-22(19)30-28(32)35-14-8-13-31-11-6-5-7-12-31/h9-10,15-18H,5-8,11-14H2,1-4H3,(H,30,32). The van der Waals surface area contributed by atoms with Gasteiger partial charge in [-0.15, -0.1) is 0 Å². The Hall–Kier alpha value is -3.52. The molecule has 0 saturated carbocycles. The van der Waals surface area contributed by atoms with Crippen molar-refractivity contribution < 1.29 is 23.7 Å². The van der Waals surface area contributed by atoms with Crippen LogP contribution in [0.25, 0.3) is 10.9 Å². The van der Waals surface area contributed by atoms with Gasteiger partial charge >= 0.3 is 6.09 Å². The van der Waals surface area contributed by atoms with Gasteiger partial charge in [-0.3, -0.25) is 10.3 Å². The summed E-state index contributed by atoms with van der Waals surface area (Å²) in [7, 11) is 3.19. The summed E-state index contributed by atoms with van der Waals surface area (Å²) in [4.78, 5) is 19.2. The maximum absolute atomic E-state index is 12.4. The van der Waals surface area contributed by atoms with Crippen molar-refractivity contribution >= 4 is 22.7 Å². The Morgan fingerprint density at radius 1 is 0.944 bits per heavy atom. The van der Waals surface area contributed by atoms with Crippen LogP contribution in [0.2, 0.25) is 0 Å². The maximum Gasteiger partial charge on any atom is 0.411 e. The highest BCUT2D eigenvalue weighted by Gasteiger charge is 2.15. The van der Waals surface area contributed by atoms with E-state index in [1.165, 1.54) is 19.3 Å². The third-order valence-electron chi connectivity index (χ3n) is 6.49. The van der Waals surface area contributed by atoms with Gasteiger partial charge < -0.3 is 23.8 Å². The molecule has 3 aromatic rings. The molecule has 1 amide bonds. The molecule has 1 N–H and O–H groups in total. The first-order chi connectivity index (χ1) is 17.5. The number of carbonyl (C=O) groups excluding carboxylic acids is 1. The minimum absolute atomic E-state index is 0.408. The molecule has 0 spiro atoms. The number of rotatable bonds is 9. The Kier molecular flexibility index (Phi) is 8.48. The number of anilines is 1. The molecule has 8 nitrogen and oxygen atoms in total. The fourth-order valence-corrected chi connectivity index (χ4v) is 4.47. The van der Waals surface area contributed by atoms with E-state index in [2.05, 4.69) is 15.2 Å². The third kappa shape index (κ3) is 6.18. The summed E-state index contributed by atoms with van der Waals surface area (Å²) >= 11 is 0. The third-order valence-corrected chi connectivity index (χ3v) is 6.49. The van der Waals surface area contributed by atoms with Crippen molar-refractivity contribution in [1.82, 2.24) is 9.88 Å². The van der Waals surface area contributed by atoms with Crippen molar-refractivity contribution in [2.45, 2.75) is 39.5 Å². The summed E-state index contributed by atoms with van der Waals surface area (Å²) in [6, 6.07) is 9.30. The predicted molar refractivity (Wildman–Crippen MR) is 141 cm³/mol. The normalized spacial score (nSPS) is 13.9. The lowest BCUT2D eigenvalue weighted by atomic mass is 10.1. The minimum Gasteiger partial charge on any atom is -0.493 e. The Balaban J connectivity index is 1.40. The molecular formula is C28H35N3O5. The Bertz CT molecular complexity index is 1210. The molecule has 0 bridgehead atoms. The molecule has 2 aromatic carbocycles. The van der Waals surface area contributed by atoms with Crippen LogP contribution in [0.5, 0.6) is 23.0 Å². The fraction of sp³-hybridized carbons (Fsp3) is 0.429. The number of ether oxygens (including phenoxy) is 4. The highest BCUT2D eigenvalue weighted by molar-refractivity contribution is 5.89. The second kappa shape index (κ2) is 11.9. The molecule has 1 aliphatic heterocycles. The van der Waals surface area contributed by atoms with Crippen molar-refractivity contribution in [2.75, 3.05) is 45.8 Å². The zero-order valence-electron chi connectivity index (χ0n) is 21.6. The largest absolute Gasteiger partial charge is 0.493 e. The van der Waals surface area contributed by atoms with Crippen LogP contribution in [0.1, 0.15) is 36.8 Å². The first-order valence-electron chi connectivity index (χ1n) is 12.4. The van der Waals surface area contributed by atoms with E-state index in [0.717, 1.165) is 48.1 Å². The quantitative estimate of drug-likeness (QED) is 0.361. The summed E-state index contributed by atoms with van der Waals surface area (Å²) < 4.78 is 22.5. The second-order valence-corrected chi connectivity index (χ2v) is 9.08. The molecule has 1 saturated heterocycles. The fourth-order valence-electron chi connectivity index (χ4n) is 4.47. The number of pyridine rings is 1. The highest BCUT2D eigenvalue weighted by atomic mass is 16.5. The molecular weight excluding hydrogens is 458 g/mol. The number of likely N-dealkylation sites (tertiary alicyclic amines) is 1. The molecule has 1 fully saturated rings. The van der Waals surface area contributed by atoms with Gasteiger partial charge in [0.1, 0.15) is 11.5 Å². The van der Waals surface area contributed by atoms with E-state index in [0.29, 0.717) is 35.3 Å². The summed E-state index contributed by atoms with van der Waals surface area (Å²) in [6.45, 7) is 7.55. The molecule has 4 rings (SSSR count). The van der Waals surface area contributed by atoms with Crippen molar-refractivity contribution in [3.05, 3.63) is 47.7 Å². The van der Waals surface area contributed by atoms with Gasteiger partial charge in [0.05, 0.1) is 26.3 Å². The summed E-state index contributed by atoms with van der Waals surface area (Å²) in [6.07, 6.45) is 5.95. The first kappa shape index (κ1) is 25.6. The number of piperidine rings is 1. The number of aryl methyl sites for hydroxylation is 2. The maximum atomic E-state index is 12.4. The van der Waals surface area contributed by atoms with Gasteiger partial charge in [-0.1, -0.05) is 6.42 Å². The van der Waals surface area contributed by atoms with Gasteiger partial charge in [0.2, 0.25) is 0 Å². The summed E-state index contributed by atoms with van der Waals surface area (Å²) in [5, 5.41) is 3.68. The number of nitrogens with one attached hydrogen (secondary N) is 1. The van der Waals surface area contributed by atoms with E-state index in [4.69, 9.17) is 18.9 Å². The van der Waals surface area contributed by atoms with Crippen molar-refractivity contribution in [2.24, 2.45) is 0 Å². The van der Waals surface area contributed by atoms with Gasteiger partial charge in [0.15, 0.2) is 11.5 Å². The van der Waals surface area contributed by atoms with Crippen LogP contribution in [-0.2, 0) is 4.74 Å². The number of methoxy groups -OCH3 is 2. The van der Waals surface area contributed by atoms with Crippen LogP contribution in [0, 0.1) is 13.8 Å². The van der Waals surface area contributed by atoms with E-state index in [9.17, 15) is 4.79 Å². The first-order valence-corrected chi connectivity index (χ1v) is 12.4.